The van der Waals surface area contributed by atoms with Crippen LogP contribution in [-0.2, 0) is 15.6 Å². The van der Waals surface area contributed by atoms with Gasteiger partial charge in [0.1, 0.15) is 0 Å². The number of hydrogen-bond acceptors (Lipinski definition) is 2. The average Bonchev–Trinajstić information content (AvgIpc) is 2.24. The summed E-state index contributed by atoms with van der Waals surface area (Å²) in [7, 11) is -1.00. The fourth-order valence-electron chi connectivity index (χ4n) is 1.38. The topological polar surface area (TPSA) is 54.4 Å². The van der Waals surface area contributed by atoms with Crippen LogP contribution in [-0.4, -0.2) is 21.0 Å². The van der Waals surface area contributed by atoms with Crippen LogP contribution in [0, 0.1) is 6.92 Å². The number of unbranched alkanes of at least 4 members (excludes halogenated alkanes) is 1. The third kappa shape index (κ3) is 4.57. The predicted octanol–water partition coefficient (Wildman–Crippen LogP) is 2.36. The maximum absolute atomic E-state index is 11.8. The van der Waals surface area contributed by atoms with E-state index in [1.807, 2.05) is 31.2 Å². The Morgan fingerprint density at radius 2 is 2.12 bits per heavy atom. The normalized spacial score (nSPS) is 12.3. The number of aliphatic carboxylic acids is 1. The Bertz CT molecular complexity index is 388. The molecule has 4 heteroatoms. The van der Waals surface area contributed by atoms with E-state index in [4.69, 9.17) is 5.11 Å². The van der Waals surface area contributed by atoms with Crippen LogP contribution in [0.1, 0.15) is 24.8 Å². The second-order valence-corrected chi connectivity index (χ2v) is 5.29. The van der Waals surface area contributed by atoms with Gasteiger partial charge in [-0.1, -0.05) is 12.1 Å². The molecule has 1 aromatic rings. The zero-order valence-electron chi connectivity index (χ0n) is 9.31. The van der Waals surface area contributed by atoms with Gasteiger partial charge in [0.25, 0.3) is 0 Å². The first-order valence-electron chi connectivity index (χ1n) is 5.26. The van der Waals surface area contributed by atoms with Gasteiger partial charge in [-0.05, 0) is 37.5 Å². The molecule has 0 saturated carbocycles. The zero-order valence-corrected chi connectivity index (χ0v) is 10.1. The van der Waals surface area contributed by atoms with Crippen molar-refractivity contribution in [3.05, 3.63) is 29.8 Å². The first-order chi connectivity index (χ1) is 7.59. The molecule has 0 amide bonds. The number of hydrogen-bond donors (Lipinski definition) is 1. The minimum Gasteiger partial charge on any atom is -0.481 e. The van der Waals surface area contributed by atoms with Crippen molar-refractivity contribution in [2.45, 2.75) is 31.1 Å². The first-order valence-corrected chi connectivity index (χ1v) is 6.58. The van der Waals surface area contributed by atoms with Gasteiger partial charge in [-0.25, -0.2) is 0 Å². The SMILES string of the molecule is Cc1cccc(S(=O)CCCCC(=O)O)c1. The summed E-state index contributed by atoms with van der Waals surface area (Å²) in [5.74, 6) is -0.252. The summed E-state index contributed by atoms with van der Waals surface area (Å²) in [6.07, 6.45) is 1.44. The molecule has 0 fully saturated rings. The van der Waals surface area contributed by atoms with Gasteiger partial charge >= 0.3 is 5.97 Å². The molecule has 0 aliphatic heterocycles. The molecule has 1 atom stereocenters. The Morgan fingerprint density at radius 3 is 2.75 bits per heavy atom. The van der Waals surface area contributed by atoms with Gasteiger partial charge in [0, 0.05) is 17.1 Å². The molecular formula is C12H16O3S. The third-order valence-corrected chi connectivity index (χ3v) is 3.66. The molecule has 0 bridgehead atoms. The van der Waals surface area contributed by atoms with Crippen LogP contribution in [0.2, 0.25) is 0 Å². The predicted molar refractivity (Wildman–Crippen MR) is 63.9 cm³/mol. The van der Waals surface area contributed by atoms with E-state index in [0.29, 0.717) is 18.6 Å². The van der Waals surface area contributed by atoms with Crippen molar-refractivity contribution in [1.82, 2.24) is 0 Å². The summed E-state index contributed by atoms with van der Waals surface area (Å²) >= 11 is 0. The van der Waals surface area contributed by atoms with Crippen molar-refractivity contribution < 1.29 is 14.1 Å². The van der Waals surface area contributed by atoms with Crippen LogP contribution < -0.4 is 0 Å². The molecule has 1 unspecified atom stereocenters. The molecule has 1 aromatic carbocycles. The van der Waals surface area contributed by atoms with E-state index in [0.717, 1.165) is 10.5 Å². The minimum absolute atomic E-state index is 0.158. The van der Waals surface area contributed by atoms with E-state index >= 15 is 0 Å². The molecule has 1 rings (SSSR count). The quantitative estimate of drug-likeness (QED) is 0.777. The van der Waals surface area contributed by atoms with Gasteiger partial charge in [-0.3, -0.25) is 9.00 Å². The maximum atomic E-state index is 11.8. The molecular weight excluding hydrogens is 224 g/mol. The number of aryl methyl sites for hydroxylation is 1. The minimum atomic E-state index is -1.00. The molecule has 3 nitrogen and oxygen atoms in total. The van der Waals surface area contributed by atoms with Crippen molar-refractivity contribution >= 4 is 16.8 Å². The Balaban J connectivity index is 2.38. The van der Waals surface area contributed by atoms with Crippen LogP contribution in [0.4, 0.5) is 0 Å². The number of carboxylic acids is 1. The van der Waals surface area contributed by atoms with Crippen LogP contribution in [0.5, 0.6) is 0 Å². The van der Waals surface area contributed by atoms with E-state index in [1.54, 1.807) is 0 Å². The summed E-state index contributed by atoms with van der Waals surface area (Å²) in [4.78, 5) is 11.1. The fraction of sp³-hybridized carbons (Fsp3) is 0.417. The van der Waals surface area contributed by atoms with Crippen molar-refractivity contribution in [2.75, 3.05) is 5.75 Å². The molecule has 0 spiro atoms. The largest absolute Gasteiger partial charge is 0.481 e. The van der Waals surface area contributed by atoms with Gasteiger partial charge < -0.3 is 5.11 Å². The maximum Gasteiger partial charge on any atom is 0.303 e. The van der Waals surface area contributed by atoms with E-state index in [1.165, 1.54) is 0 Å². The summed E-state index contributed by atoms with van der Waals surface area (Å²) in [5.41, 5.74) is 1.09. The van der Waals surface area contributed by atoms with Gasteiger partial charge in [-0.15, -0.1) is 0 Å². The second-order valence-electron chi connectivity index (χ2n) is 3.72. The Morgan fingerprint density at radius 1 is 1.38 bits per heavy atom. The summed E-state index contributed by atoms with van der Waals surface area (Å²) < 4.78 is 11.8. The number of carboxylic acid groups (broad SMARTS) is 1. The lowest BCUT2D eigenvalue weighted by atomic mass is 10.2. The summed E-state index contributed by atoms with van der Waals surface area (Å²) in [6, 6.07) is 7.61. The lowest BCUT2D eigenvalue weighted by molar-refractivity contribution is -0.137. The third-order valence-electron chi connectivity index (χ3n) is 2.22. The molecule has 0 aliphatic carbocycles. The highest BCUT2D eigenvalue weighted by Gasteiger charge is 2.04. The Kier molecular flexibility index (Phi) is 5.19. The summed E-state index contributed by atoms with van der Waals surface area (Å²) in [6.45, 7) is 1.96. The van der Waals surface area contributed by atoms with Crippen LogP contribution in [0.25, 0.3) is 0 Å². The van der Waals surface area contributed by atoms with Crippen LogP contribution in [0.15, 0.2) is 29.2 Å². The fourth-order valence-corrected chi connectivity index (χ4v) is 2.63. The highest BCUT2D eigenvalue weighted by Crippen LogP contribution is 2.11. The molecule has 0 aromatic heterocycles. The lowest BCUT2D eigenvalue weighted by Crippen LogP contribution is -2.00. The monoisotopic (exact) mass is 240 g/mol. The van der Waals surface area contributed by atoms with E-state index < -0.39 is 16.8 Å². The van der Waals surface area contributed by atoms with Crippen LogP contribution in [0.3, 0.4) is 0 Å². The Labute approximate surface area is 98.0 Å². The molecule has 0 saturated heterocycles. The van der Waals surface area contributed by atoms with Crippen molar-refractivity contribution in [3.63, 3.8) is 0 Å². The zero-order chi connectivity index (χ0) is 12.0. The molecule has 0 radical (unpaired) electrons. The van der Waals surface area contributed by atoms with Crippen molar-refractivity contribution in [3.8, 4) is 0 Å². The summed E-state index contributed by atoms with van der Waals surface area (Å²) in [5, 5.41) is 8.46. The molecule has 88 valence electrons. The molecule has 0 heterocycles. The standard InChI is InChI=1S/C12H16O3S/c1-10-5-4-6-11(9-10)16(15)8-3-2-7-12(13)14/h4-6,9H,2-3,7-8H2,1H3,(H,13,14). The van der Waals surface area contributed by atoms with E-state index in [2.05, 4.69) is 0 Å². The number of rotatable bonds is 6. The lowest BCUT2D eigenvalue weighted by Gasteiger charge is -2.02. The first kappa shape index (κ1) is 12.9. The van der Waals surface area contributed by atoms with Crippen molar-refractivity contribution in [1.29, 1.82) is 0 Å². The highest BCUT2D eigenvalue weighted by molar-refractivity contribution is 7.85. The Hall–Kier alpha value is -1.16. The van der Waals surface area contributed by atoms with Crippen LogP contribution >= 0.6 is 0 Å². The number of benzene rings is 1. The van der Waals surface area contributed by atoms with Gasteiger partial charge in [0.05, 0.1) is 10.8 Å². The molecule has 16 heavy (non-hydrogen) atoms. The van der Waals surface area contributed by atoms with Gasteiger partial charge in [-0.2, -0.15) is 0 Å². The molecule has 1 N–H and O–H groups in total. The average molecular weight is 240 g/mol. The van der Waals surface area contributed by atoms with E-state index in [-0.39, 0.29) is 6.42 Å². The highest BCUT2D eigenvalue weighted by atomic mass is 32.2. The van der Waals surface area contributed by atoms with Crippen molar-refractivity contribution in [2.24, 2.45) is 0 Å². The van der Waals surface area contributed by atoms with Gasteiger partial charge in [0.15, 0.2) is 0 Å². The second kappa shape index (κ2) is 6.43. The molecule has 0 aliphatic rings. The smallest absolute Gasteiger partial charge is 0.303 e. The number of carbonyl (C=O) groups is 1. The van der Waals surface area contributed by atoms with Gasteiger partial charge in [0.2, 0.25) is 0 Å². The van der Waals surface area contributed by atoms with E-state index in [9.17, 15) is 9.00 Å².